The second kappa shape index (κ2) is 9.28. The van der Waals surface area contributed by atoms with Crippen molar-refractivity contribution in [2.45, 2.75) is 0 Å². The molecule has 0 bridgehead atoms. The van der Waals surface area contributed by atoms with Crippen LogP contribution in [0.15, 0.2) is 42.7 Å². The molecule has 1 aromatic heterocycles. The van der Waals surface area contributed by atoms with Crippen LogP contribution in [0.25, 0.3) is 0 Å². The molecule has 1 aliphatic heterocycles. The van der Waals surface area contributed by atoms with Crippen molar-refractivity contribution < 1.29 is 33.5 Å². The molecular formula is C21H17N5O8. The van der Waals surface area contributed by atoms with Crippen molar-refractivity contribution in [1.29, 1.82) is 0 Å². The van der Waals surface area contributed by atoms with E-state index >= 15 is 0 Å². The van der Waals surface area contributed by atoms with E-state index < -0.39 is 22.5 Å². The fourth-order valence-corrected chi connectivity index (χ4v) is 3.15. The number of carbonyl (C=O) groups excluding carboxylic acids is 2. The first-order valence-corrected chi connectivity index (χ1v) is 9.64. The Morgan fingerprint density at radius 1 is 0.912 bits per heavy atom. The highest BCUT2D eigenvalue weighted by molar-refractivity contribution is 5.97. The molecular weight excluding hydrogens is 450 g/mol. The van der Waals surface area contributed by atoms with Gasteiger partial charge in [-0.2, -0.15) is 0 Å². The van der Waals surface area contributed by atoms with Gasteiger partial charge in [0.05, 0.1) is 30.3 Å². The van der Waals surface area contributed by atoms with E-state index in [1.165, 1.54) is 32.4 Å². The predicted molar refractivity (Wildman–Crippen MR) is 117 cm³/mol. The average Bonchev–Trinajstić information content (AvgIpc) is 3.30. The third kappa shape index (κ3) is 4.48. The first-order chi connectivity index (χ1) is 16.4. The Balaban J connectivity index is 1.71. The molecule has 3 aromatic rings. The number of ether oxygens (including phenoxy) is 4. The highest BCUT2D eigenvalue weighted by atomic mass is 16.7. The van der Waals surface area contributed by atoms with Crippen molar-refractivity contribution in [3.05, 3.63) is 64.0 Å². The van der Waals surface area contributed by atoms with Crippen molar-refractivity contribution in [3.8, 4) is 11.5 Å². The second-order valence-electron chi connectivity index (χ2n) is 6.78. The molecule has 0 amide bonds. The Morgan fingerprint density at radius 2 is 1.50 bits per heavy atom. The molecule has 0 fully saturated rings. The summed E-state index contributed by atoms with van der Waals surface area (Å²) in [6.07, 6.45) is 1.12. The van der Waals surface area contributed by atoms with Crippen LogP contribution in [0.2, 0.25) is 0 Å². The van der Waals surface area contributed by atoms with E-state index in [1.54, 1.807) is 18.2 Å². The van der Waals surface area contributed by atoms with Crippen molar-refractivity contribution in [2.24, 2.45) is 0 Å². The van der Waals surface area contributed by atoms with E-state index in [4.69, 9.17) is 18.9 Å². The number of nitrogens with zero attached hydrogens (tertiary/aromatic N) is 3. The minimum atomic E-state index is -0.712. The summed E-state index contributed by atoms with van der Waals surface area (Å²) in [5.74, 6) is -0.668. The smallest absolute Gasteiger partial charge is 0.353 e. The van der Waals surface area contributed by atoms with Gasteiger partial charge in [0, 0.05) is 17.4 Å². The topological polar surface area (TPSA) is 164 Å². The SMILES string of the molecule is COC(=O)c1cc(Nc2ncnc(Nc3ccc4c(c3)OCO4)c2[N+](=O)[O-])cc(C(=O)OC)c1. The number of fused-ring (bicyclic) bond motifs is 1. The number of rotatable bonds is 7. The zero-order chi connectivity index (χ0) is 24.2. The van der Waals surface area contributed by atoms with E-state index in [-0.39, 0.29) is 35.2 Å². The number of hydrogen-bond acceptors (Lipinski definition) is 12. The van der Waals surface area contributed by atoms with Gasteiger partial charge in [0.15, 0.2) is 11.5 Å². The van der Waals surface area contributed by atoms with Gasteiger partial charge in [-0.05, 0) is 30.3 Å². The van der Waals surface area contributed by atoms with Crippen molar-refractivity contribution in [2.75, 3.05) is 31.6 Å². The van der Waals surface area contributed by atoms with Crippen LogP contribution in [0.3, 0.4) is 0 Å². The van der Waals surface area contributed by atoms with Crippen molar-refractivity contribution in [1.82, 2.24) is 9.97 Å². The molecule has 34 heavy (non-hydrogen) atoms. The summed E-state index contributed by atoms with van der Waals surface area (Å²) in [7, 11) is 2.37. The van der Waals surface area contributed by atoms with E-state index in [1.807, 2.05) is 0 Å². The van der Waals surface area contributed by atoms with Gasteiger partial charge < -0.3 is 29.6 Å². The summed E-state index contributed by atoms with van der Waals surface area (Å²) >= 11 is 0. The minimum absolute atomic E-state index is 0.0308. The molecule has 0 saturated carbocycles. The Kier molecular flexibility index (Phi) is 6.07. The number of methoxy groups -OCH3 is 2. The number of nitrogens with one attached hydrogen (secondary N) is 2. The van der Waals surface area contributed by atoms with Crippen LogP contribution in [0.1, 0.15) is 20.7 Å². The van der Waals surface area contributed by atoms with Crippen molar-refractivity contribution in [3.63, 3.8) is 0 Å². The zero-order valence-electron chi connectivity index (χ0n) is 17.9. The Bertz CT molecular complexity index is 1260. The molecule has 0 spiro atoms. The van der Waals surface area contributed by atoms with Crippen molar-refractivity contribution >= 4 is 40.6 Å². The molecule has 0 atom stereocenters. The molecule has 0 aliphatic carbocycles. The summed E-state index contributed by atoms with van der Waals surface area (Å²) < 4.78 is 20.0. The molecule has 2 N–H and O–H groups in total. The predicted octanol–water partition coefficient (Wildman–Crippen LogP) is 3.17. The van der Waals surface area contributed by atoms with Gasteiger partial charge in [-0.1, -0.05) is 0 Å². The number of anilines is 4. The Labute approximate surface area is 191 Å². The highest BCUT2D eigenvalue weighted by Crippen LogP contribution is 2.37. The van der Waals surface area contributed by atoms with Gasteiger partial charge in [-0.3, -0.25) is 10.1 Å². The average molecular weight is 467 g/mol. The van der Waals surface area contributed by atoms with Crippen LogP contribution in [0, 0.1) is 10.1 Å². The Hall–Kier alpha value is -4.94. The van der Waals surface area contributed by atoms with Crippen LogP contribution in [-0.4, -0.2) is 47.8 Å². The number of hydrogen-bond donors (Lipinski definition) is 2. The van der Waals surface area contributed by atoms with Crippen LogP contribution >= 0.6 is 0 Å². The maximum Gasteiger partial charge on any atom is 0.353 e. The first-order valence-electron chi connectivity index (χ1n) is 9.64. The van der Waals surface area contributed by atoms with Crippen LogP contribution in [-0.2, 0) is 9.47 Å². The van der Waals surface area contributed by atoms with Gasteiger partial charge >= 0.3 is 17.6 Å². The van der Waals surface area contributed by atoms with E-state index in [0.717, 1.165) is 6.33 Å². The quantitative estimate of drug-likeness (QED) is 0.297. The van der Waals surface area contributed by atoms with E-state index in [9.17, 15) is 19.7 Å². The fraction of sp³-hybridized carbons (Fsp3) is 0.143. The van der Waals surface area contributed by atoms with Gasteiger partial charge in [0.2, 0.25) is 18.4 Å². The standard InChI is InChI=1S/C21H17N5O8/c1-31-20(27)11-5-12(21(28)32-2)7-14(6-11)25-19-17(26(29)30)18(22-9-23-19)24-13-3-4-15-16(8-13)34-10-33-15/h3-9H,10H2,1-2H3,(H2,22,23,24,25). The van der Waals surface area contributed by atoms with E-state index in [0.29, 0.717) is 17.2 Å². The number of aromatic nitrogens is 2. The molecule has 0 unspecified atom stereocenters. The molecule has 2 aromatic carbocycles. The molecule has 2 heterocycles. The summed E-state index contributed by atoms with van der Waals surface area (Å²) in [5, 5.41) is 17.5. The molecule has 174 valence electrons. The molecule has 13 heteroatoms. The molecule has 1 aliphatic rings. The summed E-state index contributed by atoms with van der Waals surface area (Å²) in [5.41, 5.74) is 0.228. The molecule has 13 nitrogen and oxygen atoms in total. The number of benzene rings is 2. The number of esters is 2. The van der Waals surface area contributed by atoms with Crippen LogP contribution < -0.4 is 20.1 Å². The zero-order valence-corrected chi connectivity index (χ0v) is 17.9. The number of carbonyl (C=O) groups is 2. The first kappa shape index (κ1) is 22.3. The molecule has 4 rings (SSSR count). The third-order valence-electron chi connectivity index (χ3n) is 4.68. The minimum Gasteiger partial charge on any atom is -0.465 e. The lowest BCUT2D eigenvalue weighted by Gasteiger charge is -2.12. The van der Waals surface area contributed by atoms with Crippen LogP contribution in [0.5, 0.6) is 11.5 Å². The molecule has 0 radical (unpaired) electrons. The maximum atomic E-state index is 12.0. The lowest BCUT2D eigenvalue weighted by atomic mass is 10.1. The highest BCUT2D eigenvalue weighted by Gasteiger charge is 2.25. The van der Waals surface area contributed by atoms with E-state index in [2.05, 4.69) is 20.6 Å². The fourth-order valence-electron chi connectivity index (χ4n) is 3.15. The van der Waals surface area contributed by atoms with Gasteiger partial charge in [-0.25, -0.2) is 19.6 Å². The second-order valence-corrected chi connectivity index (χ2v) is 6.78. The summed E-state index contributed by atoms with van der Waals surface area (Å²) in [4.78, 5) is 43.2. The Morgan fingerprint density at radius 3 is 2.09 bits per heavy atom. The number of nitro groups is 1. The lowest BCUT2D eigenvalue weighted by Crippen LogP contribution is -2.09. The normalized spacial score (nSPS) is 11.5. The third-order valence-corrected chi connectivity index (χ3v) is 4.68. The van der Waals surface area contributed by atoms with Crippen LogP contribution in [0.4, 0.5) is 28.7 Å². The lowest BCUT2D eigenvalue weighted by molar-refractivity contribution is -0.383. The van der Waals surface area contributed by atoms with Gasteiger partial charge in [0.25, 0.3) is 0 Å². The van der Waals surface area contributed by atoms with Gasteiger partial charge in [0.1, 0.15) is 6.33 Å². The maximum absolute atomic E-state index is 12.0. The molecule has 0 saturated heterocycles. The van der Waals surface area contributed by atoms with Gasteiger partial charge in [-0.15, -0.1) is 0 Å². The monoisotopic (exact) mass is 467 g/mol. The summed E-state index contributed by atoms with van der Waals surface area (Å²) in [6, 6.07) is 8.91. The largest absolute Gasteiger partial charge is 0.465 e. The summed E-state index contributed by atoms with van der Waals surface area (Å²) in [6.45, 7) is 0.0821.